The number of hydrogen-bond donors (Lipinski definition) is 1. The molecule has 0 unspecified atom stereocenters. The SMILES string of the molecule is CCC(CC)C(=O)N1CCC[C@@]2(CN(CC(=O)N3CCN(C)CC3)CC[C@H]2O)C1. The average molecular weight is 409 g/mol. The molecule has 7 nitrogen and oxygen atoms in total. The smallest absolute Gasteiger partial charge is 0.236 e. The van der Waals surface area contributed by atoms with E-state index in [0.29, 0.717) is 26.1 Å². The summed E-state index contributed by atoms with van der Waals surface area (Å²) in [5.41, 5.74) is -0.291. The van der Waals surface area contributed by atoms with Gasteiger partial charge in [0.2, 0.25) is 11.8 Å². The van der Waals surface area contributed by atoms with E-state index in [1.807, 2.05) is 9.80 Å². The molecule has 2 atom stereocenters. The summed E-state index contributed by atoms with van der Waals surface area (Å²) < 4.78 is 0. The quantitative estimate of drug-likeness (QED) is 0.731. The van der Waals surface area contributed by atoms with Crippen LogP contribution in [0.3, 0.4) is 0 Å². The number of rotatable bonds is 5. The molecule has 29 heavy (non-hydrogen) atoms. The summed E-state index contributed by atoms with van der Waals surface area (Å²) in [6.45, 7) is 10.9. The Hall–Kier alpha value is -1.18. The van der Waals surface area contributed by atoms with E-state index >= 15 is 0 Å². The van der Waals surface area contributed by atoms with Crippen LogP contribution >= 0.6 is 0 Å². The second kappa shape index (κ2) is 9.75. The standard InChI is InChI=1S/C22H40N4O3/c1-4-18(5-2)21(29)26-9-6-8-22(17-26)16-24(10-7-19(22)27)15-20(28)25-13-11-23(3)12-14-25/h18-19,27H,4-17H2,1-3H3/t19-,22-/m1/s1. The molecule has 0 saturated carbocycles. The van der Waals surface area contributed by atoms with Gasteiger partial charge in [-0.1, -0.05) is 13.8 Å². The van der Waals surface area contributed by atoms with E-state index in [0.717, 1.165) is 65.0 Å². The summed E-state index contributed by atoms with van der Waals surface area (Å²) in [5.74, 6) is 0.526. The van der Waals surface area contributed by atoms with Crippen LogP contribution in [0.25, 0.3) is 0 Å². The molecule has 1 N–H and O–H groups in total. The number of nitrogens with zero attached hydrogens (tertiary/aromatic N) is 4. The molecule has 3 saturated heterocycles. The molecule has 0 aliphatic carbocycles. The molecule has 0 radical (unpaired) electrons. The first-order valence-electron chi connectivity index (χ1n) is 11.5. The Bertz CT molecular complexity index is 574. The lowest BCUT2D eigenvalue weighted by Gasteiger charge is -2.51. The summed E-state index contributed by atoms with van der Waals surface area (Å²) in [4.78, 5) is 34.2. The van der Waals surface area contributed by atoms with Crippen molar-refractivity contribution in [1.82, 2.24) is 19.6 Å². The minimum atomic E-state index is -0.394. The predicted octanol–water partition coefficient (Wildman–Crippen LogP) is 0.872. The Morgan fingerprint density at radius 1 is 1.00 bits per heavy atom. The van der Waals surface area contributed by atoms with Crippen molar-refractivity contribution >= 4 is 11.8 Å². The first-order valence-corrected chi connectivity index (χ1v) is 11.5. The molecule has 0 bridgehead atoms. The third-order valence-electron chi connectivity index (χ3n) is 7.43. The summed E-state index contributed by atoms with van der Waals surface area (Å²) >= 11 is 0. The zero-order valence-electron chi connectivity index (χ0n) is 18.6. The molecule has 3 heterocycles. The Balaban J connectivity index is 1.62. The van der Waals surface area contributed by atoms with Gasteiger partial charge in [0.1, 0.15) is 0 Å². The summed E-state index contributed by atoms with van der Waals surface area (Å²) in [7, 11) is 2.09. The van der Waals surface area contributed by atoms with Crippen LogP contribution in [-0.4, -0.2) is 109 Å². The van der Waals surface area contributed by atoms with Crippen molar-refractivity contribution in [1.29, 1.82) is 0 Å². The molecule has 0 aromatic heterocycles. The van der Waals surface area contributed by atoms with Gasteiger partial charge in [0.05, 0.1) is 12.6 Å². The fraction of sp³-hybridized carbons (Fsp3) is 0.909. The maximum absolute atomic E-state index is 13.0. The van der Waals surface area contributed by atoms with Crippen molar-refractivity contribution in [2.45, 2.75) is 52.1 Å². The van der Waals surface area contributed by atoms with Crippen LogP contribution in [0.4, 0.5) is 0 Å². The molecule has 3 rings (SSSR count). The number of piperazine rings is 1. The maximum atomic E-state index is 13.0. The first kappa shape index (κ1) is 22.5. The minimum absolute atomic E-state index is 0.0841. The summed E-state index contributed by atoms with van der Waals surface area (Å²) in [6.07, 6.45) is 3.89. The number of piperidine rings is 2. The molecule has 0 aromatic rings. The maximum Gasteiger partial charge on any atom is 0.236 e. The van der Waals surface area contributed by atoms with Crippen molar-refractivity contribution in [3.63, 3.8) is 0 Å². The molecule has 3 aliphatic rings. The van der Waals surface area contributed by atoms with Crippen LogP contribution in [0.1, 0.15) is 46.0 Å². The van der Waals surface area contributed by atoms with Crippen LogP contribution in [0, 0.1) is 11.3 Å². The molecule has 166 valence electrons. The number of likely N-dealkylation sites (N-methyl/N-ethyl adjacent to an activating group) is 1. The highest BCUT2D eigenvalue weighted by molar-refractivity contribution is 5.79. The largest absolute Gasteiger partial charge is 0.392 e. The van der Waals surface area contributed by atoms with E-state index in [1.165, 1.54) is 0 Å². The van der Waals surface area contributed by atoms with Crippen molar-refractivity contribution in [2.24, 2.45) is 11.3 Å². The number of amides is 2. The lowest BCUT2D eigenvalue weighted by Crippen LogP contribution is -2.61. The van der Waals surface area contributed by atoms with Gasteiger partial charge in [-0.25, -0.2) is 0 Å². The second-order valence-corrected chi connectivity index (χ2v) is 9.44. The third-order valence-corrected chi connectivity index (χ3v) is 7.43. The van der Waals surface area contributed by atoms with Crippen LogP contribution < -0.4 is 0 Å². The Labute approximate surface area is 176 Å². The fourth-order valence-corrected chi connectivity index (χ4v) is 5.37. The van der Waals surface area contributed by atoms with Crippen LogP contribution in [0.5, 0.6) is 0 Å². The van der Waals surface area contributed by atoms with Crippen LogP contribution in [0.2, 0.25) is 0 Å². The number of aliphatic hydroxyl groups is 1. The fourth-order valence-electron chi connectivity index (χ4n) is 5.37. The highest BCUT2D eigenvalue weighted by atomic mass is 16.3. The molecule has 3 fully saturated rings. The Morgan fingerprint density at radius 3 is 2.34 bits per heavy atom. The number of carbonyl (C=O) groups excluding carboxylic acids is 2. The van der Waals surface area contributed by atoms with Gasteiger partial charge >= 0.3 is 0 Å². The summed E-state index contributed by atoms with van der Waals surface area (Å²) in [6, 6.07) is 0. The zero-order chi connectivity index (χ0) is 21.0. The van der Waals surface area contributed by atoms with E-state index < -0.39 is 6.10 Å². The summed E-state index contributed by atoms with van der Waals surface area (Å²) in [5, 5.41) is 10.9. The van der Waals surface area contributed by atoms with Crippen molar-refractivity contribution in [3.05, 3.63) is 0 Å². The zero-order valence-corrected chi connectivity index (χ0v) is 18.6. The molecule has 0 aromatic carbocycles. The van der Waals surface area contributed by atoms with Gasteiger partial charge < -0.3 is 19.8 Å². The van der Waals surface area contributed by atoms with Crippen molar-refractivity contribution < 1.29 is 14.7 Å². The van der Waals surface area contributed by atoms with E-state index in [1.54, 1.807) is 0 Å². The lowest BCUT2D eigenvalue weighted by molar-refractivity contribution is -0.148. The highest BCUT2D eigenvalue weighted by Gasteiger charge is 2.47. The van der Waals surface area contributed by atoms with Gasteiger partial charge in [-0.3, -0.25) is 14.5 Å². The van der Waals surface area contributed by atoms with Gasteiger partial charge in [0.25, 0.3) is 0 Å². The number of likely N-dealkylation sites (tertiary alicyclic amines) is 2. The Morgan fingerprint density at radius 2 is 1.69 bits per heavy atom. The number of carbonyl (C=O) groups is 2. The van der Waals surface area contributed by atoms with Crippen molar-refractivity contribution in [3.8, 4) is 0 Å². The third kappa shape index (κ3) is 5.12. The molecular formula is C22H40N4O3. The van der Waals surface area contributed by atoms with E-state index in [-0.39, 0.29) is 23.1 Å². The minimum Gasteiger partial charge on any atom is -0.392 e. The normalized spacial score (nSPS) is 29.6. The predicted molar refractivity (Wildman–Crippen MR) is 113 cm³/mol. The van der Waals surface area contributed by atoms with E-state index in [4.69, 9.17) is 0 Å². The van der Waals surface area contributed by atoms with Gasteiger partial charge in [-0.2, -0.15) is 0 Å². The first-order chi connectivity index (χ1) is 13.9. The monoisotopic (exact) mass is 408 g/mol. The molecule has 1 spiro atoms. The number of hydrogen-bond acceptors (Lipinski definition) is 5. The van der Waals surface area contributed by atoms with Gasteiger partial charge in [-0.05, 0) is 39.2 Å². The van der Waals surface area contributed by atoms with Gasteiger partial charge in [-0.15, -0.1) is 0 Å². The molecule has 2 amide bonds. The van der Waals surface area contributed by atoms with E-state index in [9.17, 15) is 14.7 Å². The lowest BCUT2D eigenvalue weighted by atomic mass is 9.71. The van der Waals surface area contributed by atoms with Crippen LogP contribution in [0.15, 0.2) is 0 Å². The molecule has 3 aliphatic heterocycles. The van der Waals surface area contributed by atoms with E-state index in [2.05, 4.69) is 30.7 Å². The topological polar surface area (TPSA) is 67.3 Å². The van der Waals surface area contributed by atoms with Crippen LogP contribution in [-0.2, 0) is 9.59 Å². The molecule has 7 heteroatoms. The highest BCUT2D eigenvalue weighted by Crippen LogP contribution is 2.39. The Kier molecular flexibility index (Phi) is 7.57. The van der Waals surface area contributed by atoms with Gasteiger partial charge in [0.15, 0.2) is 0 Å². The molecular weight excluding hydrogens is 368 g/mol. The average Bonchev–Trinajstić information content (AvgIpc) is 2.72. The number of aliphatic hydroxyl groups excluding tert-OH is 1. The van der Waals surface area contributed by atoms with Crippen molar-refractivity contribution in [2.75, 3.05) is 66.0 Å². The second-order valence-electron chi connectivity index (χ2n) is 9.44. The van der Waals surface area contributed by atoms with Gasteiger partial charge in [0, 0.05) is 63.7 Å².